The molecule has 0 radical (unpaired) electrons. The van der Waals surface area contributed by atoms with E-state index in [4.69, 9.17) is 9.88 Å². The molecule has 1 rings (SSSR count). The summed E-state index contributed by atoms with van der Waals surface area (Å²) in [5.74, 6) is -1.34. The van der Waals surface area contributed by atoms with Crippen LogP contribution in [0.15, 0.2) is 17.0 Å². The Labute approximate surface area is 123 Å². The van der Waals surface area contributed by atoms with Gasteiger partial charge < -0.3 is 9.64 Å². The van der Waals surface area contributed by atoms with Gasteiger partial charge in [0.25, 0.3) is 5.91 Å². The SMILES string of the molecule is CCN(CCOC)C(=O)c1cc(S(N)(=O)=O)cc(C)c1F. The van der Waals surface area contributed by atoms with Gasteiger partial charge in [0, 0.05) is 20.2 Å². The Morgan fingerprint density at radius 2 is 2.05 bits per heavy atom. The van der Waals surface area contributed by atoms with Gasteiger partial charge in [0.2, 0.25) is 10.0 Å². The van der Waals surface area contributed by atoms with Crippen molar-refractivity contribution in [3.8, 4) is 0 Å². The molecule has 1 aromatic carbocycles. The molecule has 1 aromatic rings. The van der Waals surface area contributed by atoms with E-state index in [0.717, 1.165) is 12.1 Å². The predicted molar refractivity (Wildman–Crippen MR) is 76.0 cm³/mol. The highest BCUT2D eigenvalue weighted by molar-refractivity contribution is 7.89. The zero-order chi connectivity index (χ0) is 16.2. The minimum Gasteiger partial charge on any atom is -0.383 e. The molecule has 0 aliphatic heterocycles. The van der Waals surface area contributed by atoms with Crippen molar-refractivity contribution in [2.75, 3.05) is 26.8 Å². The van der Waals surface area contributed by atoms with E-state index in [2.05, 4.69) is 0 Å². The van der Waals surface area contributed by atoms with Crippen molar-refractivity contribution >= 4 is 15.9 Å². The molecular weight excluding hydrogens is 299 g/mol. The van der Waals surface area contributed by atoms with E-state index in [1.54, 1.807) is 6.92 Å². The summed E-state index contributed by atoms with van der Waals surface area (Å²) in [5.41, 5.74) is -0.260. The molecule has 0 heterocycles. The number of sulfonamides is 1. The number of benzene rings is 1. The number of primary sulfonamides is 1. The van der Waals surface area contributed by atoms with Crippen molar-refractivity contribution in [2.24, 2.45) is 5.14 Å². The Bertz CT molecular complexity index is 631. The summed E-state index contributed by atoms with van der Waals surface area (Å²) in [6.07, 6.45) is 0. The molecule has 0 aromatic heterocycles. The first kappa shape index (κ1) is 17.5. The number of aryl methyl sites for hydroxylation is 1. The van der Waals surface area contributed by atoms with E-state index in [0.29, 0.717) is 13.2 Å². The monoisotopic (exact) mass is 318 g/mol. The number of likely N-dealkylation sites (N-methyl/N-ethyl adjacent to an activating group) is 1. The lowest BCUT2D eigenvalue weighted by Gasteiger charge is -2.21. The molecule has 0 atom stereocenters. The smallest absolute Gasteiger partial charge is 0.256 e. The molecule has 2 N–H and O–H groups in total. The van der Waals surface area contributed by atoms with Crippen LogP contribution in [0, 0.1) is 12.7 Å². The van der Waals surface area contributed by atoms with Crippen LogP contribution in [0.4, 0.5) is 4.39 Å². The lowest BCUT2D eigenvalue weighted by molar-refractivity contribution is 0.0701. The summed E-state index contributed by atoms with van der Waals surface area (Å²) in [7, 11) is -2.52. The van der Waals surface area contributed by atoms with Crippen molar-refractivity contribution < 1.29 is 22.3 Å². The molecule has 0 saturated carbocycles. The number of carbonyl (C=O) groups excluding carboxylic acids is 1. The molecule has 0 fully saturated rings. The summed E-state index contributed by atoms with van der Waals surface area (Å²) in [4.78, 5) is 13.4. The van der Waals surface area contributed by atoms with Gasteiger partial charge in [-0.3, -0.25) is 4.79 Å². The Balaban J connectivity index is 3.28. The second-order valence-electron chi connectivity index (χ2n) is 4.52. The lowest BCUT2D eigenvalue weighted by atomic mass is 10.1. The molecule has 6 nitrogen and oxygen atoms in total. The first-order chi connectivity index (χ1) is 9.72. The number of amides is 1. The molecule has 118 valence electrons. The van der Waals surface area contributed by atoms with Crippen LogP contribution in [0.1, 0.15) is 22.8 Å². The van der Waals surface area contributed by atoms with Crippen LogP contribution in [0.25, 0.3) is 0 Å². The van der Waals surface area contributed by atoms with Crippen LogP contribution in [-0.4, -0.2) is 46.0 Å². The Morgan fingerprint density at radius 3 is 2.52 bits per heavy atom. The van der Waals surface area contributed by atoms with E-state index in [1.165, 1.54) is 18.9 Å². The van der Waals surface area contributed by atoms with Crippen molar-refractivity contribution in [1.29, 1.82) is 0 Å². The largest absolute Gasteiger partial charge is 0.383 e. The lowest BCUT2D eigenvalue weighted by Crippen LogP contribution is -2.34. The van der Waals surface area contributed by atoms with Gasteiger partial charge in [-0.05, 0) is 31.5 Å². The van der Waals surface area contributed by atoms with Gasteiger partial charge in [0.15, 0.2) is 0 Å². The van der Waals surface area contributed by atoms with Gasteiger partial charge in [0.05, 0.1) is 17.1 Å². The number of ether oxygens (including phenoxy) is 1. The number of nitrogens with two attached hydrogens (primary N) is 1. The van der Waals surface area contributed by atoms with Crippen molar-refractivity contribution in [3.63, 3.8) is 0 Å². The third-order valence-corrected chi connectivity index (χ3v) is 3.91. The fraction of sp³-hybridized carbons (Fsp3) is 0.462. The normalized spacial score (nSPS) is 11.5. The Hall–Kier alpha value is -1.51. The second kappa shape index (κ2) is 6.97. The third kappa shape index (κ3) is 4.23. The van der Waals surface area contributed by atoms with Gasteiger partial charge in [-0.25, -0.2) is 17.9 Å². The fourth-order valence-electron chi connectivity index (χ4n) is 1.83. The van der Waals surface area contributed by atoms with E-state index >= 15 is 0 Å². The molecule has 0 aliphatic rings. The highest BCUT2D eigenvalue weighted by Gasteiger charge is 2.22. The minimum atomic E-state index is -4.01. The van der Waals surface area contributed by atoms with Gasteiger partial charge in [-0.15, -0.1) is 0 Å². The number of hydrogen-bond acceptors (Lipinski definition) is 4. The number of nitrogens with zero attached hydrogens (tertiary/aromatic N) is 1. The summed E-state index contributed by atoms with van der Waals surface area (Å²) in [6, 6.07) is 2.07. The summed E-state index contributed by atoms with van der Waals surface area (Å²) >= 11 is 0. The van der Waals surface area contributed by atoms with Crippen molar-refractivity contribution in [1.82, 2.24) is 4.90 Å². The maximum absolute atomic E-state index is 14.1. The third-order valence-electron chi connectivity index (χ3n) is 3.02. The quantitative estimate of drug-likeness (QED) is 0.843. The summed E-state index contributed by atoms with van der Waals surface area (Å²) < 4.78 is 41.8. The van der Waals surface area contributed by atoms with E-state index in [-0.39, 0.29) is 22.6 Å². The molecule has 0 spiro atoms. The molecule has 1 amide bonds. The van der Waals surface area contributed by atoms with E-state index in [1.807, 2.05) is 0 Å². The number of carbonyl (C=O) groups is 1. The highest BCUT2D eigenvalue weighted by atomic mass is 32.2. The molecule has 0 unspecified atom stereocenters. The molecule has 21 heavy (non-hydrogen) atoms. The highest BCUT2D eigenvalue weighted by Crippen LogP contribution is 2.20. The van der Waals surface area contributed by atoms with Crippen LogP contribution in [0.5, 0.6) is 0 Å². The Kier molecular flexibility index (Phi) is 5.82. The number of halogens is 1. The maximum atomic E-state index is 14.1. The van der Waals surface area contributed by atoms with Crippen LogP contribution in [0.2, 0.25) is 0 Å². The van der Waals surface area contributed by atoms with E-state index in [9.17, 15) is 17.6 Å². The number of hydrogen-bond donors (Lipinski definition) is 1. The summed E-state index contributed by atoms with van der Waals surface area (Å²) in [5, 5.41) is 5.04. The molecule has 0 aliphatic carbocycles. The maximum Gasteiger partial charge on any atom is 0.256 e. The van der Waals surface area contributed by atoms with Crippen LogP contribution < -0.4 is 5.14 Å². The van der Waals surface area contributed by atoms with Gasteiger partial charge >= 0.3 is 0 Å². The van der Waals surface area contributed by atoms with Crippen LogP contribution in [0.3, 0.4) is 0 Å². The predicted octanol–water partition coefficient (Wildman–Crippen LogP) is 0.890. The summed E-state index contributed by atoms with van der Waals surface area (Å²) in [6.45, 7) is 4.05. The molecular formula is C13H19FN2O4S. The van der Waals surface area contributed by atoms with E-state index < -0.39 is 21.7 Å². The molecule has 0 bridgehead atoms. The van der Waals surface area contributed by atoms with Gasteiger partial charge in [-0.1, -0.05) is 0 Å². The standard InChI is InChI=1S/C13H19FN2O4S/c1-4-16(5-6-20-3)13(17)11-8-10(21(15,18)19)7-9(2)12(11)14/h7-8H,4-6H2,1-3H3,(H2,15,18,19). The second-order valence-corrected chi connectivity index (χ2v) is 6.09. The first-order valence-corrected chi connectivity index (χ1v) is 7.88. The van der Waals surface area contributed by atoms with Crippen LogP contribution >= 0.6 is 0 Å². The number of rotatable bonds is 6. The Morgan fingerprint density at radius 1 is 1.43 bits per heavy atom. The van der Waals surface area contributed by atoms with Gasteiger partial charge in [-0.2, -0.15) is 0 Å². The number of methoxy groups -OCH3 is 1. The zero-order valence-electron chi connectivity index (χ0n) is 12.2. The van der Waals surface area contributed by atoms with Crippen molar-refractivity contribution in [2.45, 2.75) is 18.7 Å². The molecule has 0 saturated heterocycles. The zero-order valence-corrected chi connectivity index (χ0v) is 13.0. The average molecular weight is 318 g/mol. The topological polar surface area (TPSA) is 89.7 Å². The van der Waals surface area contributed by atoms with Gasteiger partial charge in [0.1, 0.15) is 5.82 Å². The average Bonchev–Trinajstić information content (AvgIpc) is 2.41. The molecule has 8 heteroatoms. The van der Waals surface area contributed by atoms with Crippen LogP contribution in [-0.2, 0) is 14.8 Å². The minimum absolute atomic E-state index is 0.0488. The van der Waals surface area contributed by atoms with Crippen molar-refractivity contribution in [3.05, 3.63) is 29.1 Å². The first-order valence-electron chi connectivity index (χ1n) is 6.33. The fourth-order valence-corrected chi connectivity index (χ4v) is 2.45.